The van der Waals surface area contributed by atoms with Gasteiger partial charge in [0.05, 0.1) is 6.10 Å². The van der Waals surface area contributed by atoms with Crippen LogP contribution in [-0.2, 0) is 31.6 Å². The lowest BCUT2D eigenvalue weighted by Gasteiger charge is -2.34. The summed E-state index contributed by atoms with van der Waals surface area (Å²) in [6, 6.07) is 0.859. The summed E-state index contributed by atoms with van der Waals surface area (Å²) in [6.07, 6.45) is -5.16. The summed E-state index contributed by atoms with van der Waals surface area (Å²) in [6.45, 7) is 0.128. The largest absolute Gasteiger partial charge is 0.490 e. The molecule has 32 heavy (non-hydrogen) atoms. The molecule has 0 saturated heterocycles. The quantitative estimate of drug-likeness (QED) is 0.156. The van der Waals surface area contributed by atoms with Gasteiger partial charge in [-0.1, -0.05) is 0 Å². The van der Waals surface area contributed by atoms with E-state index < -0.39 is 65.6 Å². The molecule has 0 aliphatic carbocycles. The minimum Gasteiger partial charge on any atom is -0.390 e. The molecule has 21 heteroatoms. The summed E-state index contributed by atoms with van der Waals surface area (Å²) in [5.41, 5.74) is -1.88. The lowest BCUT2D eigenvalue weighted by Crippen LogP contribution is -2.51. The molecule has 0 fully saturated rings. The van der Waals surface area contributed by atoms with Crippen molar-refractivity contribution < 1.29 is 65.8 Å². The van der Waals surface area contributed by atoms with E-state index in [0.717, 1.165) is 26.1 Å². The number of halogens is 1. The number of nitrogens with zero attached hydrogens (tertiary/aromatic N) is 1. The van der Waals surface area contributed by atoms with Crippen LogP contribution in [0.5, 0.6) is 0 Å². The summed E-state index contributed by atoms with van der Waals surface area (Å²) in [5, 5.41) is 19.4. The Morgan fingerprint density at radius 2 is 1.66 bits per heavy atom. The number of aliphatic hydroxyl groups excluding tert-OH is 2. The van der Waals surface area contributed by atoms with Crippen molar-refractivity contribution >= 4 is 23.5 Å². The first kappa shape index (κ1) is 28.9. The first-order valence-corrected chi connectivity index (χ1v) is 12.6. The normalized spacial score (nSPS) is 21.0. The standard InChI is InChI=1S/C11H20FN2O15P3/c1-6(15)9(17)11(12,27-7(2)14-4-3-8(16)13-10(14)18)5-26-31(22,23)29-32(24,25)28-30(19,20)21/h3-4,6-7,9,15,17H,5H2,1-2H3,(H,22,23)(H,24,25)(H,13,16,18)(H2,19,20,21)/t6-,7+,9-,11+/m0/s1. The van der Waals surface area contributed by atoms with Crippen LogP contribution in [0.1, 0.15) is 20.1 Å². The van der Waals surface area contributed by atoms with Gasteiger partial charge in [0.15, 0.2) is 0 Å². The Morgan fingerprint density at radius 3 is 2.12 bits per heavy atom. The Balaban J connectivity index is 3.10. The molecular formula is C11H20FN2O15P3. The van der Waals surface area contributed by atoms with Crippen LogP contribution in [0.25, 0.3) is 0 Å². The number of aromatic nitrogens is 2. The molecule has 0 aliphatic heterocycles. The van der Waals surface area contributed by atoms with Gasteiger partial charge in [0.2, 0.25) is 0 Å². The lowest BCUT2D eigenvalue weighted by atomic mass is 10.1. The summed E-state index contributed by atoms with van der Waals surface area (Å²) in [5.74, 6) is -3.59. The van der Waals surface area contributed by atoms with Crippen LogP contribution in [-0.4, -0.2) is 64.0 Å². The van der Waals surface area contributed by atoms with Gasteiger partial charge in [0.25, 0.3) is 11.4 Å². The van der Waals surface area contributed by atoms with Gasteiger partial charge < -0.3 is 34.5 Å². The predicted molar refractivity (Wildman–Crippen MR) is 98.5 cm³/mol. The lowest BCUT2D eigenvalue weighted by molar-refractivity contribution is -0.273. The third kappa shape index (κ3) is 9.03. The van der Waals surface area contributed by atoms with Gasteiger partial charge in [-0.2, -0.15) is 8.62 Å². The number of hydrogen-bond acceptors (Lipinski definition) is 11. The van der Waals surface area contributed by atoms with E-state index in [2.05, 4.69) is 13.1 Å². The number of phosphoric acid groups is 3. The SMILES string of the molecule is C[C@H](O)[C@H](O)[C@@](F)(COP(=O)(O)OP(=O)(O)OP(=O)(O)O)O[C@H](C)n1ccc(=O)[nH]c1=O. The van der Waals surface area contributed by atoms with E-state index in [0.29, 0.717) is 4.57 Å². The Bertz CT molecular complexity index is 1050. The minimum absolute atomic E-state index is 0.620. The second-order valence-corrected chi connectivity index (χ2v) is 10.5. The number of phosphoric ester groups is 1. The van der Waals surface area contributed by atoms with Crippen LogP contribution < -0.4 is 11.2 Å². The van der Waals surface area contributed by atoms with Crippen LogP contribution in [0.15, 0.2) is 21.9 Å². The maximum Gasteiger partial charge on any atom is 0.490 e. The van der Waals surface area contributed by atoms with Crippen LogP contribution in [0.3, 0.4) is 0 Å². The van der Waals surface area contributed by atoms with Crippen molar-refractivity contribution in [2.45, 2.75) is 38.1 Å². The van der Waals surface area contributed by atoms with Crippen molar-refractivity contribution in [3.05, 3.63) is 33.1 Å². The smallest absolute Gasteiger partial charge is 0.390 e. The molecule has 186 valence electrons. The van der Waals surface area contributed by atoms with E-state index in [-0.39, 0.29) is 0 Å². The number of rotatable bonds is 12. The van der Waals surface area contributed by atoms with Crippen molar-refractivity contribution in [3.8, 4) is 0 Å². The highest BCUT2D eigenvalue weighted by atomic mass is 31.3. The highest BCUT2D eigenvalue weighted by Gasteiger charge is 2.48. The molecule has 0 radical (unpaired) electrons. The van der Waals surface area contributed by atoms with E-state index in [1.165, 1.54) is 0 Å². The van der Waals surface area contributed by atoms with Gasteiger partial charge in [-0.3, -0.25) is 18.9 Å². The third-order valence-corrected chi connectivity index (χ3v) is 7.13. The predicted octanol–water partition coefficient (Wildman–Crippen LogP) is -1.18. The molecule has 0 aromatic carbocycles. The molecule has 0 saturated carbocycles. The topological polar surface area (TPSA) is 264 Å². The van der Waals surface area contributed by atoms with E-state index >= 15 is 4.39 Å². The zero-order valence-corrected chi connectivity index (χ0v) is 18.8. The van der Waals surface area contributed by atoms with Crippen molar-refractivity contribution in [3.63, 3.8) is 0 Å². The monoisotopic (exact) mass is 532 g/mol. The second-order valence-electron chi connectivity index (χ2n) is 6.07. The van der Waals surface area contributed by atoms with Crippen LogP contribution >= 0.6 is 23.5 Å². The van der Waals surface area contributed by atoms with Gasteiger partial charge in [-0.25, -0.2) is 22.9 Å². The summed E-state index contributed by atoms with van der Waals surface area (Å²) >= 11 is 0. The first-order valence-electron chi connectivity index (χ1n) is 8.09. The van der Waals surface area contributed by atoms with Crippen molar-refractivity contribution in [2.75, 3.05) is 6.61 Å². The van der Waals surface area contributed by atoms with Crippen LogP contribution in [0, 0.1) is 0 Å². The van der Waals surface area contributed by atoms with E-state index in [1.54, 1.807) is 0 Å². The second kappa shape index (κ2) is 10.4. The van der Waals surface area contributed by atoms with E-state index in [4.69, 9.17) is 19.4 Å². The fourth-order valence-corrected chi connectivity index (χ4v) is 5.11. The van der Waals surface area contributed by atoms with E-state index in [1.807, 2.05) is 4.98 Å². The molecule has 1 aromatic heterocycles. The fourth-order valence-electron chi connectivity index (χ4n) is 2.08. The van der Waals surface area contributed by atoms with Gasteiger partial charge in [0, 0.05) is 12.3 Å². The molecule has 1 aromatic rings. The van der Waals surface area contributed by atoms with Crippen LogP contribution in [0.2, 0.25) is 0 Å². The number of aromatic amines is 1. The van der Waals surface area contributed by atoms with Gasteiger partial charge in [-0.15, -0.1) is 0 Å². The number of aliphatic hydroxyl groups is 2. The highest BCUT2D eigenvalue weighted by molar-refractivity contribution is 7.66. The average Bonchev–Trinajstić information content (AvgIpc) is 2.56. The molecule has 6 atom stereocenters. The Hall–Kier alpha value is -1.10. The number of nitrogens with one attached hydrogen (secondary N) is 1. The number of hydrogen-bond donors (Lipinski definition) is 7. The Labute approximate surface area is 177 Å². The average molecular weight is 532 g/mol. The molecule has 17 nitrogen and oxygen atoms in total. The minimum atomic E-state index is -5.90. The fraction of sp³-hybridized carbons (Fsp3) is 0.636. The van der Waals surface area contributed by atoms with Crippen molar-refractivity contribution in [1.82, 2.24) is 9.55 Å². The summed E-state index contributed by atoms with van der Waals surface area (Å²) in [4.78, 5) is 60.2. The molecule has 1 rings (SSSR count). The summed E-state index contributed by atoms with van der Waals surface area (Å²) < 4.78 is 65.5. The number of H-pyrrole nitrogens is 1. The molecule has 2 unspecified atom stereocenters. The molecule has 7 N–H and O–H groups in total. The zero-order chi connectivity index (χ0) is 25.1. The Morgan fingerprint density at radius 1 is 1.09 bits per heavy atom. The first-order chi connectivity index (χ1) is 14.3. The highest BCUT2D eigenvalue weighted by Crippen LogP contribution is 2.66. The van der Waals surface area contributed by atoms with E-state index in [9.17, 15) is 38.4 Å². The Kier molecular flexibility index (Phi) is 9.44. The summed E-state index contributed by atoms with van der Waals surface area (Å²) in [7, 11) is -17.4. The maximum atomic E-state index is 15.3. The van der Waals surface area contributed by atoms with Gasteiger partial charge in [0.1, 0.15) is 18.9 Å². The van der Waals surface area contributed by atoms with Crippen LogP contribution in [0.4, 0.5) is 4.39 Å². The maximum absolute atomic E-state index is 15.3. The molecule has 0 spiro atoms. The van der Waals surface area contributed by atoms with Gasteiger partial charge in [-0.05, 0) is 13.8 Å². The van der Waals surface area contributed by atoms with Crippen molar-refractivity contribution in [1.29, 1.82) is 0 Å². The van der Waals surface area contributed by atoms with Crippen molar-refractivity contribution in [2.24, 2.45) is 0 Å². The number of ether oxygens (including phenoxy) is 1. The zero-order valence-electron chi connectivity index (χ0n) is 16.1. The molecule has 0 aliphatic rings. The molecule has 1 heterocycles. The third-order valence-electron chi connectivity index (χ3n) is 3.35. The van der Waals surface area contributed by atoms with Gasteiger partial charge >= 0.3 is 29.2 Å². The number of alkyl halides is 1. The molecule has 0 bridgehead atoms. The molecular weight excluding hydrogens is 512 g/mol. The molecule has 0 amide bonds.